The number of nitro groups is 1. The molecule has 142 valence electrons. The molecule has 3 aromatic carbocycles. The van der Waals surface area contributed by atoms with Crippen LogP contribution in [0.15, 0.2) is 77.9 Å². The van der Waals surface area contributed by atoms with Gasteiger partial charge in [-0.1, -0.05) is 48.5 Å². The third-order valence-corrected chi connectivity index (χ3v) is 3.92. The van der Waals surface area contributed by atoms with Crippen LogP contribution in [0.1, 0.15) is 11.1 Å². The lowest BCUT2D eigenvalue weighted by atomic mass is 10.1. The van der Waals surface area contributed by atoms with Crippen molar-refractivity contribution < 1.29 is 14.4 Å². The first kappa shape index (κ1) is 18.9. The van der Waals surface area contributed by atoms with Crippen LogP contribution in [0.25, 0.3) is 0 Å². The largest absolute Gasteiger partial charge is 0.493 e. The van der Waals surface area contributed by atoms with Gasteiger partial charge in [-0.2, -0.15) is 5.10 Å². The predicted molar refractivity (Wildman–Crippen MR) is 108 cm³/mol. The molecule has 0 aliphatic heterocycles. The van der Waals surface area contributed by atoms with E-state index in [2.05, 4.69) is 10.5 Å². The highest BCUT2D eigenvalue weighted by Gasteiger charge is 2.19. The summed E-state index contributed by atoms with van der Waals surface area (Å²) < 4.78 is 11.1. The second-order valence-electron chi connectivity index (χ2n) is 5.83. The number of rotatable bonds is 8. The Hall–Kier alpha value is -3.87. The van der Waals surface area contributed by atoms with Crippen LogP contribution in [0.2, 0.25) is 0 Å². The maximum atomic E-state index is 11.4. The van der Waals surface area contributed by atoms with Crippen LogP contribution < -0.4 is 14.9 Å². The second-order valence-corrected chi connectivity index (χ2v) is 5.83. The molecule has 28 heavy (non-hydrogen) atoms. The first-order valence-electron chi connectivity index (χ1n) is 8.54. The van der Waals surface area contributed by atoms with Gasteiger partial charge in [-0.15, -0.1) is 0 Å². The van der Waals surface area contributed by atoms with Gasteiger partial charge in [0.2, 0.25) is 0 Å². The van der Waals surface area contributed by atoms with Crippen LogP contribution in [0.4, 0.5) is 11.4 Å². The molecule has 0 unspecified atom stereocenters. The second kappa shape index (κ2) is 9.18. The average molecular weight is 377 g/mol. The van der Waals surface area contributed by atoms with Gasteiger partial charge < -0.3 is 9.47 Å². The summed E-state index contributed by atoms with van der Waals surface area (Å²) in [4.78, 5) is 11.0. The summed E-state index contributed by atoms with van der Waals surface area (Å²) in [6.45, 7) is 0.313. The van der Waals surface area contributed by atoms with E-state index in [1.54, 1.807) is 6.07 Å². The van der Waals surface area contributed by atoms with E-state index in [1.807, 2.05) is 60.7 Å². The Bertz CT molecular complexity index is 960. The van der Waals surface area contributed by atoms with E-state index in [0.717, 1.165) is 11.3 Å². The lowest BCUT2D eigenvalue weighted by molar-refractivity contribution is -0.385. The zero-order valence-corrected chi connectivity index (χ0v) is 15.2. The van der Waals surface area contributed by atoms with Crippen molar-refractivity contribution in [2.45, 2.75) is 6.61 Å². The van der Waals surface area contributed by atoms with Crippen molar-refractivity contribution >= 4 is 17.6 Å². The summed E-state index contributed by atoms with van der Waals surface area (Å²) in [5.41, 5.74) is 4.77. The Morgan fingerprint density at radius 3 is 2.36 bits per heavy atom. The Labute approximate surface area is 162 Å². The molecule has 0 aromatic heterocycles. The highest BCUT2D eigenvalue weighted by molar-refractivity contribution is 5.87. The molecule has 0 radical (unpaired) electrons. The number of anilines is 1. The van der Waals surface area contributed by atoms with Gasteiger partial charge in [-0.3, -0.25) is 15.5 Å². The van der Waals surface area contributed by atoms with E-state index >= 15 is 0 Å². The van der Waals surface area contributed by atoms with Crippen LogP contribution in [-0.2, 0) is 6.61 Å². The highest BCUT2D eigenvalue weighted by Crippen LogP contribution is 2.34. The number of hydrazone groups is 1. The van der Waals surface area contributed by atoms with Gasteiger partial charge in [0.05, 0.1) is 35.6 Å². The number of hydrogen-bond donors (Lipinski definition) is 1. The molecule has 3 rings (SSSR count). The van der Waals surface area contributed by atoms with E-state index in [-0.39, 0.29) is 11.4 Å². The molecule has 0 saturated carbocycles. The third kappa shape index (κ3) is 4.85. The maximum Gasteiger partial charge on any atom is 0.282 e. The van der Waals surface area contributed by atoms with Gasteiger partial charge in [-0.25, -0.2) is 0 Å². The number of nitro benzene ring substituents is 1. The predicted octanol–water partition coefficient (Wildman–Crippen LogP) is 4.63. The third-order valence-electron chi connectivity index (χ3n) is 3.92. The normalized spacial score (nSPS) is 10.6. The number of nitrogens with zero attached hydrogens (tertiary/aromatic N) is 2. The van der Waals surface area contributed by atoms with E-state index in [4.69, 9.17) is 9.47 Å². The number of ether oxygens (including phenoxy) is 2. The minimum atomic E-state index is -0.479. The number of para-hydroxylation sites is 1. The monoisotopic (exact) mass is 377 g/mol. The minimum Gasteiger partial charge on any atom is -0.493 e. The first-order chi connectivity index (χ1) is 13.7. The average Bonchev–Trinajstić information content (AvgIpc) is 2.73. The fraction of sp³-hybridized carbons (Fsp3) is 0.0952. The zero-order chi connectivity index (χ0) is 19.8. The number of nitrogens with one attached hydrogen (secondary N) is 1. The molecule has 0 saturated heterocycles. The molecule has 0 heterocycles. The van der Waals surface area contributed by atoms with Crippen LogP contribution in [0.3, 0.4) is 0 Å². The Balaban J connectivity index is 1.85. The molecular weight excluding hydrogens is 358 g/mol. The van der Waals surface area contributed by atoms with Gasteiger partial charge in [0.15, 0.2) is 11.5 Å². The highest BCUT2D eigenvalue weighted by atomic mass is 16.6. The van der Waals surface area contributed by atoms with Crippen molar-refractivity contribution in [1.29, 1.82) is 0 Å². The molecule has 7 nitrogen and oxygen atoms in total. The maximum absolute atomic E-state index is 11.4. The lowest BCUT2D eigenvalue weighted by Gasteiger charge is -2.12. The molecule has 3 aromatic rings. The standard InChI is InChI=1S/C21H19N3O4/c1-27-20-13-19(24(25)26)17(14-22-23-18-10-6-3-7-11-18)12-21(20)28-15-16-8-4-2-5-9-16/h2-14,23H,15H2,1H3. The van der Waals surface area contributed by atoms with Gasteiger partial charge in [0.1, 0.15) is 6.61 Å². The van der Waals surface area contributed by atoms with Gasteiger partial charge in [0.25, 0.3) is 5.69 Å². The summed E-state index contributed by atoms with van der Waals surface area (Å²) >= 11 is 0. The fourth-order valence-electron chi connectivity index (χ4n) is 2.52. The molecule has 1 N–H and O–H groups in total. The molecule has 0 aliphatic rings. The zero-order valence-electron chi connectivity index (χ0n) is 15.2. The molecule has 7 heteroatoms. The topological polar surface area (TPSA) is 86.0 Å². The lowest BCUT2D eigenvalue weighted by Crippen LogP contribution is -2.02. The molecule has 0 bridgehead atoms. The Kier molecular flexibility index (Phi) is 6.20. The summed E-state index contributed by atoms with van der Waals surface area (Å²) in [5, 5.41) is 15.5. The van der Waals surface area contributed by atoms with E-state index in [1.165, 1.54) is 19.4 Å². The number of hydrogen-bond acceptors (Lipinski definition) is 6. The molecule has 0 amide bonds. The van der Waals surface area contributed by atoms with Crippen molar-refractivity contribution in [3.8, 4) is 11.5 Å². The van der Waals surface area contributed by atoms with Crippen LogP contribution in [0.5, 0.6) is 11.5 Å². The fourth-order valence-corrected chi connectivity index (χ4v) is 2.52. The Morgan fingerprint density at radius 2 is 1.71 bits per heavy atom. The van der Waals surface area contributed by atoms with Crippen LogP contribution in [0, 0.1) is 10.1 Å². The Morgan fingerprint density at radius 1 is 1.04 bits per heavy atom. The van der Waals surface area contributed by atoms with Crippen LogP contribution in [-0.4, -0.2) is 18.2 Å². The summed E-state index contributed by atoms with van der Waals surface area (Å²) in [5.74, 6) is 0.689. The molecule has 0 atom stereocenters. The SMILES string of the molecule is COc1cc([N+](=O)[O-])c(C=NNc2ccccc2)cc1OCc1ccccc1. The van der Waals surface area contributed by atoms with Crippen molar-refractivity contribution in [3.63, 3.8) is 0 Å². The smallest absolute Gasteiger partial charge is 0.282 e. The van der Waals surface area contributed by atoms with Gasteiger partial charge in [0, 0.05) is 0 Å². The van der Waals surface area contributed by atoms with E-state index < -0.39 is 4.92 Å². The first-order valence-corrected chi connectivity index (χ1v) is 8.54. The summed E-state index contributed by atoms with van der Waals surface area (Å²) in [6, 6.07) is 21.8. The molecule has 0 spiro atoms. The summed E-state index contributed by atoms with van der Waals surface area (Å²) in [6.07, 6.45) is 1.39. The van der Waals surface area contributed by atoms with Crippen molar-refractivity contribution in [2.24, 2.45) is 5.10 Å². The summed E-state index contributed by atoms with van der Waals surface area (Å²) in [7, 11) is 1.44. The molecule has 0 fully saturated rings. The van der Waals surface area contributed by atoms with Gasteiger partial charge in [-0.05, 0) is 23.8 Å². The van der Waals surface area contributed by atoms with Crippen molar-refractivity contribution in [3.05, 3.63) is 94.0 Å². The van der Waals surface area contributed by atoms with Crippen molar-refractivity contribution in [1.82, 2.24) is 0 Å². The molecular formula is C21H19N3O4. The van der Waals surface area contributed by atoms with Crippen molar-refractivity contribution in [2.75, 3.05) is 12.5 Å². The number of methoxy groups -OCH3 is 1. The molecule has 0 aliphatic carbocycles. The minimum absolute atomic E-state index is 0.123. The van der Waals surface area contributed by atoms with Gasteiger partial charge >= 0.3 is 0 Å². The van der Waals surface area contributed by atoms with E-state index in [9.17, 15) is 10.1 Å². The quantitative estimate of drug-likeness (QED) is 0.351. The van der Waals surface area contributed by atoms with E-state index in [0.29, 0.717) is 17.9 Å². The number of benzene rings is 3. The van der Waals surface area contributed by atoms with Crippen LogP contribution >= 0.6 is 0 Å².